The number of carbonyl (C=O) groups is 2. The van der Waals surface area contributed by atoms with Gasteiger partial charge in [0.15, 0.2) is 5.13 Å². The predicted octanol–water partition coefficient (Wildman–Crippen LogP) is 3.76. The molecule has 0 saturated heterocycles. The van der Waals surface area contributed by atoms with E-state index < -0.39 is 0 Å². The van der Waals surface area contributed by atoms with E-state index in [1.807, 2.05) is 19.1 Å². The maximum atomic E-state index is 12.6. The van der Waals surface area contributed by atoms with Crippen molar-refractivity contribution in [2.45, 2.75) is 20.3 Å². The number of rotatable bonds is 11. The van der Waals surface area contributed by atoms with Crippen molar-refractivity contribution in [3.63, 3.8) is 0 Å². The van der Waals surface area contributed by atoms with E-state index in [4.69, 9.17) is 11.6 Å². The Morgan fingerprint density at radius 2 is 1.91 bits per heavy atom. The lowest BCUT2D eigenvalue weighted by molar-refractivity contribution is -0.140. The topological polar surface area (TPSA) is 130 Å². The number of anilines is 4. The molecule has 3 rings (SSSR count). The Kier molecular flexibility index (Phi) is 9.14. The van der Waals surface area contributed by atoms with Crippen LogP contribution in [0.2, 0.25) is 5.02 Å². The van der Waals surface area contributed by atoms with E-state index in [-0.39, 0.29) is 11.9 Å². The van der Waals surface area contributed by atoms with E-state index in [1.165, 1.54) is 24.6 Å². The number of nitrogens with zero attached hydrogens (tertiary/aromatic N) is 3. The summed E-state index contributed by atoms with van der Waals surface area (Å²) in [6, 6.07) is 7.19. The van der Waals surface area contributed by atoms with Crippen LogP contribution in [-0.2, 0) is 9.53 Å². The Morgan fingerprint density at radius 3 is 2.68 bits per heavy atom. The average Bonchev–Trinajstić information content (AvgIpc) is 3.26. The van der Waals surface area contributed by atoms with Crippen LogP contribution in [0.15, 0.2) is 30.5 Å². The van der Waals surface area contributed by atoms with Gasteiger partial charge in [0.2, 0.25) is 0 Å². The van der Waals surface area contributed by atoms with Crippen LogP contribution in [0.4, 0.5) is 22.5 Å². The van der Waals surface area contributed by atoms with E-state index >= 15 is 0 Å². The van der Waals surface area contributed by atoms with Gasteiger partial charge in [0.05, 0.1) is 30.4 Å². The first kappa shape index (κ1) is 25.3. The number of amides is 1. The highest BCUT2D eigenvalue weighted by atomic mass is 35.5. The van der Waals surface area contributed by atoms with E-state index in [2.05, 4.69) is 41.0 Å². The monoisotopic (exact) mass is 503 g/mol. The number of methoxy groups -OCH3 is 1. The number of nitrogens with one attached hydrogen (secondary N) is 4. The van der Waals surface area contributed by atoms with E-state index in [0.717, 1.165) is 5.56 Å². The van der Waals surface area contributed by atoms with Gasteiger partial charge < -0.3 is 26.0 Å². The summed E-state index contributed by atoms with van der Waals surface area (Å²) >= 11 is 7.40. The van der Waals surface area contributed by atoms with Crippen molar-refractivity contribution in [3.8, 4) is 0 Å². The van der Waals surface area contributed by atoms with Gasteiger partial charge in [0, 0.05) is 25.7 Å². The van der Waals surface area contributed by atoms with Crippen molar-refractivity contribution in [1.82, 2.24) is 20.3 Å². The van der Waals surface area contributed by atoms with E-state index in [0.29, 0.717) is 64.2 Å². The zero-order valence-electron chi connectivity index (χ0n) is 19.1. The van der Waals surface area contributed by atoms with Crippen LogP contribution in [0, 0.1) is 13.8 Å². The van der Waals surface area contributed by atoms with Crippen LogP contribution >= 0.6 is 22.9 Å². The van der Waals surface area contributed by atoms with Crippen molar-refractivity contribution >= 4 is 57.3 Å². The first-order valence-corrected chi connectivity index (χ1v) is 11.7. The summed E-state index contributed by atoms with van der Waals surface area (Å²) in [6.07, 6.45) is 1.82. The van der Waals surface area contributed by atoms with Crippen LogP contribution < -0.4 is 21.3 Å². The van der Waals surface area contributed by atoms with Crippen LogP contribution in [0.25, 0.3) is 0 Å². The minimum Gasteiger partial charge on any atom is -0.469 e. The van der Waals surface area contributed by atoms with Gasteiger partial charge in [0.25, 0.3) is 5.91 Å². The molecule has 1 amide bonds. The molecular formula is C22H26ClN7O3S. The molecule has 4 N–H and O–H groups in total. The van der Waals surface area contributed by atoms with Crippen LogP contribution in [0.5, 0.6) is 0 Å². The van der Waals surface area contributed by atoms with Crippen LogP contribution in [0.1, 0.15) is 27.5 Å². The number of carbonyl (C=O) groups excluding carboxylic acids is 2. The summed E-state index contributed by atoms with van der Waals surface area (Å²) in [5, 5.41) is 13.3. The summed E-state index contributed by atoms with van der Waals surface area (Å²) in [6.45, 7) is 5.47. The Hall–Kier alpha value is -3.28. The fourth-order valence-corrected chi connectivity index (χ4v) is 3.92. The third kappa shape index (κ3) is 7.37. The second-order valence-corrected chi connectivity index (χ2v) is 8.67. The number of benzene rings is 1. The number of hydrogen-bond donors (Lipinski definition) is 4. The highest BCUT2D eigenvalue weighted by molar-refractivity contribution is 7.17. The Bertz CT molecular complexity index is 1140. The van der Waals surface area contributed by atoms with Crippen LogP contribution in [0.3, 0.4) is 0 Å². The fourth-order valence-electron chi connectivity index (χ4n) is 2.93. The Morgan fingerprint density at radius 1 is 1.12 bits per heavy atom. The molecule has 3 aromatic rings. The summed E-state index contributed by atoms with van der Waals surface area (Å²) in [4.78, 5) is 37.2. The zero-order chi connectivity index (χ0) is 24.5. The van der Waals surface area contributed by atoms with Gasteiger partial charge in [-0.1, -0.05) is 35.1 Å². The number of thiazole rings is 1. The smallest absolute Gasteiger partial charge is 0.306 e. The van der Waals surface area contributed by atoms with E-state index in [1.54, 1.807) is 19.1 Å². The molecule has 1 aromatic carbocycles. The predicted molar refractivity (Wildman–Crippen MR) is 134 cm³/mol. The molecule has 12 heteroatoms. The third-order valence-corrected chi connectivity index (χ3v) is 5.83. The molecule has 0 radical (unpaired) electrons. The van der Waals surface area contributed by atoms with E-state index in [9.17, 15) is 9.59 Å². The molecule has 10 nitrogen and oxygen atoms in total. The highest BCUT2D eigenvalue weighted by Gasteiger charge is 2.14. The molecule has 0 aliphatic rings. The number of hydrogen-bond acceptors (Lipinski definition) is 10. The van der Waals surface area contributed by atoms with Crippen LogP contribution in [-0.4, -0.2) is 53.6 Å². The normalized spacial score (nSPS) is 10.6. The summed E-state index contributed by atoms with van der Waals surface area (Å²) in [7, 11) is 1.37. The van der Waals surface area contributed by atoms with Gasteiger partial charge in [-0.15, -0.1) is 0 Å². The lowest BCUT2D eigenvalue weighted by Crippen LogP contribution is -2.25. The molecule has 0 saturated carbocycles. The molecule has 0 aliphatic heterocycles. The molecule has 0 atom stereocenters. The molecule has 0 spiro atoms. The lowest BCUT2D eigenvalue weighted by atomic mass is 10.2. The lowest BCUT2D eigenvalue weighted by Gasteiger charge is -2.10. The zero-order valence-corrected chi connectivity index (χ0v) is 20.6. The standard InChI is InChI=1S/C22H26ClN7O3S/c1-13-5-4-6-15(23)20(13)30-21(32)16-12-26-22(34-16)29-18-11-17(27-14(2)28-18)25-10-9-24-8-7-19(31)33-3/h4-6,11-12,24H,7-10H2,1-3H3,(H,30,32)(H2,25,26,27,28,29). The molecule has 0 aliphatic carbocycles. The van der Waals surface area contributed by atoms with Crippen molar-refractivity contribution in [2.24, 2.45) is 0 Å². The molecule has 0 unspecified atom stereocenters. The number of esters is 1. The number of halogens is 1. The number of para-hydroxylation sites is 1. The maximum Gasteiger partial charge on any atom is 0.306 e. The maximum absolute atomic E-state index is 12.6. The third-order valence-electron chi connectivity index (χ3n) is 4.60. The summed E-state index contributed by atoms with van der Waals surface area (Å²) in [5.74, 6) is 1.24. The van der Waals surface area contributed by atoms with Gasteiger partial charge in [-0.05, 0) is 25.5 Å². The van der Waals surface area contributed by atoms with Crippen molar-refractivity contribution < 1.29 is 14.3 Å². The summed E-state index contributed by atoms with van der Waals surface area (Å²) in [5.41, 5.74) is 1.46. The SMILES string of the molecule is COC(=O)CCNCCNc1cc(Nc2ncc(C(=O)Nc3c(C)cccc3Cl)s2)nc(C)n1. The van der Waals surface area contributed by atoms with Crippen molar-refractivity contribution in [3.05, 3.63) is 51.7 Å². The fraction of sp³-hybridized carbons (Fsp3) is 0.318. The first-order chi connectivity index (χ1) is 16.4. The van der Waals surface area contributed by atoms with Gasteiger partial charge in [-0.2, -0.15) is 0 Å². The number of ether oxygens (including phenoxy) is 1. The molecule has 2 aromatic heterocycles. The largest absolute Gasteiger partial charge is 0.469 e. The number of aromatic nitrogens is 3. The second-order valence-electron chi connectivity index (χ2n) is 7.23. The van der Waals surface area contributed by atoms with Crippen molar-refractivity contribution in [1.29, 1.82) is 0 Å². The quantitative estimate of drug-likeness (QED) is 0.228. The van der Waals surface area contributed by atoms with Gasteiger partial charge in [0.1, 0.15) is 22.3 Å². The molecule has 34 heavy (non-hydrogen) atoms. The minimum absolute atomic E-state index is 0.246. The van der Waals surface area contributed by atoms with Gasteiger partial charge >= 0.3 is 5.97 Å². The molecule has 2 heterocycles. The first-order valence-electron chi connectivity index (χ1n) is 10.5. The summed E-state index contributed by atoms with van der Waals surface area (Å²) < 4.78 is 4.60. The number of aryl methyl sites for hydroxylation is 2. The average molecular weight is 504 g/mol. The molecule has 0 bridgehead atoms. The molecule has 180 valence electrons. The van der Waals surface area contributed by atoms with Crippen molar-refractivity contribution in [2.75, 3.05) is 42.7 Å². The second kappa shape index (κ2) is 12.3. The Labute approximate surface area is 206 Å². The molecular weight excluding hydrogens is 478 g/mol. The minimum atomic E-state index is -0.289. The molecule has 0 fully saturated rings. The Balaban J connectivity index is 1.55. The van der Waals surface area contributed by atoms with Gasteiger partial charge in [-0.3, -0.25) is 9.59 Å². The van der Waals surface area contributed by atoms with Gasteiger partial charge in [-0.25, -0.2) is 15.0 Å². The highest BCUT2D eigenvalue weighted by Crippen LogP contribution is 2.28.